The Labute approximate surface area is 303 Å². The number of nitrogens with zero attached hydrogens (tertiary/aromatic N) is 5. The summed E-state index contributed by atoms with van der Waals surface area (Å²) < 4.78 is 1.45. The third kappa shape index (κ3) is 7.23. The Hall–Kier alpha value is -4.72. The highest BCUT2D eigenvalue weighted by Crippen LogP contribution is 2.35. The highest BCUT2D eigenvalue weighted by atomic mass is 35.5. The highest BCUT2D eigenvalue weighted by Gasteiger charge is 2.30. The number of pyridine rings is 1. The molecule has 0 saturated carbocycles. The van der Waals surface area contributed by atoms with Crippen LogP contribution in [-0.2, 0) is 21.4 Å². The number of amides is 4. The van der Waals surface area contributed by atoms with E-state index in [0.717, 1.165) is 31.6 Å². The summed E-state index contributed by atoms with van der Waals surface area (Å²) in [5.41, 5.74) is 3.79. The molecule has 3 aliphatic rings. The number of benzene rings is 2. The molecule has 3 aliphatic heterocycles. The van der Waals surface area contributed by atoms with Gasteiger partial charge in [-0.25, -0.2) is 0 Å². The van der Waals surface area contributed by atoms with Crippen molar-refractivity contribution < 1.29 is 19.2 Å². The van der Waals surface area contributed by atoms with Gasteiger partial charge in [0.2, 0.25) is 17.7 Å². The SMILES string of the molecule is Cn1cc(-c2cc(Cl)c(C(=O)N3CCN(C(=O)CN4CCC(c5ccc(NC6CCC(=O)NC6=O)cc5)CC4)CC3)c(Cl)c2)c2cn[nH]c2c1=O. The lowest BCUT2D eigenvalue weighted by molar-refractivity contribution is -0.135. The van der Waals surface area contributed by atoms with E-state index in [2.05, 4.69) is 37.9 Å². The summed E-state index contributed by atoms with van der Waals surface area (Å²) in [5.74, 6) is -0.380. The third-order valence-electron chi connectivity index (χ3n) is 10.2. The molecule has 4 amide bonds. The van der Waals surface area contributed by atoms with Gasteiger partial charge in [0.25, 0.3) is 11.5 Å². The minimum absolute atomic E-state index is 0.0488. The van der Waals surface area contributed by atoms with Crippen LogP contribution in [0.3, 0.4) is 0 Å². The smallest absolute Gasteiger partial charge is 0.276 e. The zero-order valence-electron chi connectivity index (χ0n) is 28.1. The summed E-state index contributed by atoms with van der Waals surface area (Å²) in [4.78, 5) is 68.5. The zero-order chi connectivity index (χ0) is 35.8. The number of aryl methyl sites for hydroxylation is 1. The molecule has 5 heterocycles. The van der Waals surface area contributed by atoms with E-state index in [1.54, 1.807) is 36.5 Å². The van der Waals surface area contributed by atoms with Crippen molar-refractivity contribution in [3.63, 3.8) is 0 Å². The van der Waals surface area contributed by atoms with Crippen molar-refractivity contribution in [3.05, 3.63) is 80.3 Å². The van der Waals surface area contributed by atoms with E-state index in [1.807, 2.05) is 17.0 Å². The Bertz CT molecular complexity index is 2040. The molecule has 1 unspecified atom stereocenters. The van der Waals surface area contributed by atoms with Gasteiger partial charge in [-0.05, 0) is 73.7 Å². The Morgan fingerprint density at radius 2 is 1.59 bits per heavy atom. The topological polar surface area (TPSA) is 153 Å². The molecule has 0 bridgehead atoms. The first-order valence-electron chi connectivity index (χ1n) is 17.1. The molecular weight excluding hydrogens is 695 g/mol. The lowest BCUT2D eigenvalue weighted by atomic mass is 9.89. The fourth-order valence-electron chi connectivity index (χ4n) is 7.23. The van der Waals surface area contributed by atoms with Gasteiger partial charge in [-0.1, -0.05) is 35.3 Å². The number of aromatic nitrogens is 3. The lowest BCUT2D eigenvalue weighted by Crippen LogP contribution is -2.53. The van der Waals surface area contributed by atoms with Crippen LogP contribution >= 0.6 is 23.2 Å². The summed E-state index contributed by atoms with van der Waals surface area (Å²) >= 11 is 13.3. The zero-order valence-corrected chi connectivity index (χ0v) is 29.6. The average molecular weight is 734 g/mol. The molecule has 266 valence electrons. The van der Waals surface area contributed by atoms with Gasteiger partial charge in [0.05, 0.1) is 28.4 Å². The van der Waals surface area contributed by atoms with Gasteiger partial charge < -0.3 is 19.7 Å². The molecule has 0 spiro atoms. The van der Waals surface area contributed by atoms with Gasteiger partial charge in [0, 0.05) is 62.5 Å². The first kappa shape index (κ1) is 34.7. The largest absolute Gasteiger partial charge is 0.374 e. The molecule has 4 aromatic rings. The summed E-state index contributed by atoms with van der Waals surface area (Å²) in [6, 6.07) is 11.1. The molecule has 3 fully saturated rings. The number of piperidine rings is 2. The molecule has 3 saturated heterocycles. The monoisotopic (exact) mass is 732 g/mol. The van der Waals surface area contributed by atoms with Gasteiger partial charge in [0.1, 0.15) is 11.6 Å². The number of nitrogens with one attached hydrogen (secondary N) is 3. The molecule has 7 rings (SSSR count). The van der Waals surface area contributed by atoms with Gasteiger partial charge in [-0.2, -0.15) is 5.10 Å². The van der Waals surface area contributed by atoms with Crippen LogP contribution in [0.1, 0.15) is 47.5 Å². The van der Waals surface area contributed by atoms with Crippen molar-refractivity contribution in [3.8, 4) is 11.1 Å². The molecule has 13 nitrogen and oxygen atoms in total. The van der Waals surface area contributed by atoms with Crippen molar-refractivity contribution in [1.29, 1.82) is 0 Å². The molecule has 15 heteroatoms. The normalized spacial score (nSPS) is 19.0. The number of likely N-dealkylation sites (tertiary alicyclic amines) is 1. The number of aromatic amines is 1. The van der Waals surface area contributed by atoms with Crippen LogP contribution in [0.15, 0.2) is 53.6 Å². The van der Waals surface area contributed by atoms with Crippen LogP contribution in [0.2, 0.25) is 10.0 Å². The maximum absolute atomic E-state index is 13.6. The van der Waals surface area contributed by atoms with Crippen LogP contribution < -0.4 is 16.2 Å². The number of imide groups is 1. The number of carbonyl (C=O) groups excluding carboxylic acids is 4. The maximum atomic E-state index is 13.6. The molecule has 3 N–H and O–H groups in total. The van der Waals surface area contributed by atoms with Crippen molar-refractivity contribution in [1.82, 2.24) is 34.8 Å². The molecule has 0 aliphatic carbocycles. The van der Waals surface area contributed by atoms with Gasteiger partial charge in [0.15, 0.2) is 0 Å². The number of carbonyl (C=O) groups is 4. The standard InChI is InChI=1S/C36H38Cl2N8O5/c1-43-19-26(25-18-39-42-33(25)36(43)51)23-16-27(37)32(28(38)17-23)35(50)46-14-12-45(13-15-46)31(48)20-44-10-8-22(9-11-44)21-2-4-24(5-3-21)40-29-6-7-30(47)41-34(29)49/h2-5,16-19,22,29,40H,6-15,20H2,1H3,(H,39,42)(H,41,47,49). The average Bonchev–Trinajstić information content (AvgIpc) is 3.62. The summed E-state index contributed by atoms with van der Waals surface area (Å²) in [7, 11) is 1.65. The van der Waals surface area contributed by atoms with E-state index in [-0.39, 0.29) is 44.8 Å². The Kier molecular flexibility index (Phi) is 9.86. The fourth-order valence-corrected chi connectivity index (χ4v) is 7.88. The molecule has 0 radical (unpaired) electrons. The number of hydrogen-bond donors (Lipinski definition) is 3. The van der Waals surface area contributed by atoms with Crippen LogP contribution in [0.25, 0.3) is 22.0 Å². The highest BCUT2D eigenvalue weighted by molar-refractivity contribution is 6.40. The lowest BCUT2D eigenvalue weighted by Gasteiger charge is -2.37. The number of piperazine rings is 1. The predicted octanol–water partition coefficient (Wildman–Crippen LogP) is 3.62. The van der Waals surface area contributed by atoms with Crippen molar-refractivity contribution >= 4 is 63.4 Å². The summed E-state index contributed by atoms with van der Waals surface area (Å²) in [6.45, 7) is 3.53. The Balaban J connectivity index is 0.894. The Morgan fingerprint density at radius 1 is 0.922 bits per heavy atom. The molecule has 51 heavy (non-hydrogen) atoms. The van der Waals surface area contributed by atoms with Gasteiger partial charge >= 0.3 is 0 Å². The molecule has 2 aromatic heterocycles. The molecular formula is C36H38Cl2N8O5. The van der Waals surface area contributed by atoms with Crippen molar-refractivity contribution in [2.45, 2.75) is 37.6 Å². The number of fused-ring (bicyclic) bond motifs is 1. The van der Waals surface area contributed by atoms with Gasteiger partial charge in [-0.3, -0.25) is 39.3 Å². The second-order valence-electron chi connectivity index (χ2n) is 13.4. The first-order chi connectivity index (χ1) is 24.5. The molecule has 2 aromatic carbocycles. The minimum Gasteiger partial charge on any atom is -0.374 e. The van der Waals surface area contributed by atoms with E-state index >= 15 is 0 Å². The number of halogens is 2. The maximum Gasteiger partial charge on any atom is 0.276 e. The fraction of sp³-hybridized carbons (Fsp3) is 0.389. The summed E-state index contributed by atoms with van der Waals surface area (Å²) in [5, 5.41) is 13.4. The quantitative estimate of drug-likeness (QED) is 0.244. The number of anilines is 1. The second kappa shape index (κ2) is 14.5. The summed E-state index contributed by atoms with van der Waals surface area (Å²) in [6.07, 6.45) is 5.94. The second-order valence-corrected chi connectivity index (χ2v) is 14.2. The predicted molar refractivity (Wildman–Crippen MR) is 194 cm³/mol. The number of H-pyrrole nitrogens is 1. The number of rotatable bonds is 7. The van der Waals surface area contributed by atoms with Crippen molar-refractivity contribution in [2.24, 2.45) is 7.05 Å². The van der Waals surface area contributed by atoms with E-state index in [1.165, 1.54) is 10.1 Å². The van der Waals surface area contributed by atoms with Crippen LogP contribution in [-0.4, -0.2) is 105 Å². The third-order valence-corrected chi connectivity index (χ3v) is 10.8. The van der Waals surface area contributed by atoms with E-state index < -0.39 is 6.04 Å². The van der Waals surface area contributed by atoms with E-state index in [4.69, 9.17) is 23.2 Å². The van der Waals surface area contributed by atoms with E-state index in [9.17, 15) is 24.0 Å². The van der Waals surface area contributed by atoms with Crippen LogP contribution in [0.5, 0.6) is 0 Å². The Morgan fingerprint density at radius 3 is 2.25 bits per heavy atom. The minimum atomic E-state index is -0.414. The van der Waals surface area contributed by atoms with Crippen LogP contribution in [0, 0.1) is 0 Å². The van der Waals surface area contributed by atoms with Crippen LogP contribution in [0.4, 0.5) is 5.69 Å². The van der Waals surface area contributed by atoms with Gasteiger partial charge in [-0.15, -0.1) is 0 Å². The van der Waals surface area contributed by atoms with E-state index in [0.29, 0.717) is 73.5 Å². The number of hydrogen-bond acceptors (Lipinski definition) is 8. The first-order valence-corrected chi connectivity index (χ1v) is 17.8. The van der Waals surface area contributed by atoms with Crippen molar-refractivity contribution in [2.75, 3.05) is 51.1 Å². The molecule has 1 atom stereocenters.